The normalized spacial score (nSPS) is 10.8. The molecule has 0 aromatic rings. The summed E-state index contributed by atoms with van der Waals surface area (Å²) in [5.74, 6) is 0.779. The summed E-state index contributed by atoms with van der Waals surface area (Å²) < 4.78 is 5.31. The fourth-order valence-electron chi connectivity index (χ4n) is 0.536. The molecule has 0 aliphatic carbocycles. The fourth-order valence-corrected chi connectivity index (χ4v) is 0.765. The third-order valence-electron chi connectivity index (χ3n) is 1.03. The Kier molecular flexibility index (Phi) is 7.26. The molecule has 0 aromatic carbocycles. The van der Waals surface area contributed by atoms with Crippen LogP contribution in [-0.2, 0) is 4.74 Å². The highest BCUT2D eigenvalue weighted by Crippen LogP contribution is 2.00. The molecule has 0 saturated heterocycles. The Morgan fingerprint density at radius 3 is 2.64 bits per heavy atom. The first-order valence-electron chi connectivity index (χ1n) is 3.49. The maximum atomic E-state index is 5.31. The zero-order chi connectivity index (χ0) is 8.53. The van der Waals surface area contributed by atoms with Crippen LogP contribution in [0.2, 0.25) is 0 Å². The van der Waals surface area contributed by atoms with E-state index in [4.69, 9.17) is 4.74 Å². The summed E-state index contributed by atoms with van der Waals surface area (Å²) in [7, 11) is 0. The summed E-state index contributed by atoms with van der Waals surface area (Å²) >= 11 is 3.31. The van der Waals surface area contributed by atoms with Gasteiger partial charge in [-0.2, -0.15) is 0 Å². The van der Waals surface area contributed by atoms with Gasteiger partial charge in [0.05, 0.1) is 6.61 Å². The van der Waals surface area contributed by atoms with E-state index in [1.807, 2.05) is 0 Å². The second kappa shape index (κ2) is 7.61. The molecule has 0 aromatic heterocycles. The van der Waals surface area contributed by atoms with Gasteiger partial charge in [-0.3, -0.25) is 0 Å². The molecule has 62 valence electrons. The molecule has 0 radical (unpaired) electrons. The number of ether oxygens (including phenoxy) is 1. The van der Waals surface area contributed by atoms with E-state index in [0.29, 0.717) is 0 Å². The highest BCUT2D eigenvalue weighted by atomic mass is 79.9. The smallest absolute Gasteiger partial charge is 0.118 e. The third kappa shape index (κ3) is 5.92. The van der Waals surface area contributed by atoms with E-state index in [-0.39, 0.29) is 0 Å². The van der Waals surface area contributed by atoms with Crippen LogP contribution in [0.3, 0.4) is 0 Å². The van der Waals surface area contributed by atoms with E-state index < -0.39 is 0 Å². The minimum absolute atomic E-state index is 0.719. The molecule has 0 spiro atoms. The molecule has 0 unspecified atom stereocenters. The Labute approximate surface area is 76.6 Å². The first kappa shape index (κ1) is 10.5. The predicted octanol–water partition coefficient (Wildman–Crippen LogP) is 3.04. The molecule has 0 saturated carbocycles. The number of rotatable bonds is 6. The Balaban J connectivity index is 3.60. The van der Waals surface area contributed by atoms with Crippen LogP contribution < -0.4 is 0 Å². The van der Waals surface area contributed by atoms with E-state index >= 15 is 0 Å². The van der Waals surface area contributed by atoms with Gasteiger partial charge in [0, 0.05) is 5.33 Å². The van der Waals surface area contributed by atoms with E-state index in [1.54, 1.807) is 18.2 Å². The van der Waals surface area contributed by atoms with Gasteiger partial charge in [0.15, 0.2) is 0 Å². The van der Waals surface area contributed by atoms with Gasteiger partial charge in [0.1, 0.15) is 5.76 Å². The molecule has 1 nitrogen and oxygen atoms in total. The molecule has 11 heavy (non-hydrogen) atoms. The quantitative estimate of drug-likeness (QED) is 0.287. The van der Waals surface area contributed by atoms with Crippen molar-refractivity contribution in [3.8, 4) is 0 Å². The highest BCUT2D eigenvalue weighted by molar-refractivity contribution is 9.09. The van der Waals surface area contributed by atoms with Gasteiger partial charge < -0.3 is 4.74 Å². The molecule has 0 fully saturated rings. The van der Waals surface area contributed by atoms with Crippen molar-refractivity contribution in [1.82, 2.24) is 0 Å². The van der Waals surface area contributed by atoms with Crippen LogP contribution in [0.1, 0.15) is 6.42 Å². The number of hydrogen-bond acceptors (Lipinski definition) is 1. The molecule has 0 bridgehead atoms. The number of halogens is 1. The zero-order valence-corrected chi connectivity index (χ0v) is 8.14. The lowest BCUT2D eigenvalue weighted by Crippen LogP contribution is -1.92. The van der Waals surface area contributed by atoms with Crippen molar-refractivity contribution in [3.63, 3.8) is 0 Å². The van der Waals surface area contributed by atoms with Crippen molar-refractivity contribution in [2.24, 2.45) is 0 Å². The average molecular weight is 217 g/mol. The van der Waals surface area contributed by atoms with E-state index in [1.165, 1.54) is 0 Å². The summed E-state index contributed by atoms with van der Waals surface area (Å²) in [6.45, 7) is 7.89. The molecule has 0 aliphatic rings. The molecular formula is C9H13BrO. The van der Waals surface area contributed by atoms with Crippen molar-refractivity contribution in [2.75, 3.05) is 11.9 Å². The van der Waals surface area contributed by atoms with Gasteiger partial charge in [0.2, 0.25) is 0 Å². The Morgan fingerprint density at radius 1 is 1.45 bits per heavy atom. The standard InChI is InChI=1S/C9H13BrO/c1-3-6-9(4-2)11-8-5-7-10/h3-4,6H,1-2,5,7-8H2/b9-6+. The number of alkyl halides is 1. The molecule has 0 atom stereocenters. The van der Waals surface area contributed by atoms with Crippen molar-refractivity contribution in [3.05, 3.63) is 37.1 Å². The van der Waals surface area contributed by atoms with Crippen LogP contribution in [-0.4, -0.2) is 11.9 Å². The first-order valence-corrected chi connectivity index (χ1v) is 4.61. The summed E-state index contributed by atoms with van der Waals surface area (Å²) in [6.07, 6.45) is 6.16. The van der Waals surface area contributed by atoms with Gasteiger partial charge in [-0.05, 0) is 18.6 Å². The van der Waals surface area contributed by atoms with Crippen LogP contribution in [0.25, 0.3) is 0 Å². The molecular weight excluding hydrogens is 204 g/mol. The van der Waals surface area contributed by atoms with Crippen LogP contribution in [0.4, 0.5) is 0 Å². The summed E-state index contributed by atoms with van der Waals surface area (Å²) in [5, 5.41) is 0.964. The van der Waals surface area contributed by atoms with Crippen molar-refractivity contribution in [1.29, 1.82) is 0 Å². The first-order chi connectivity index (χ1) is 5.35. The molecule has 0 aliphatic heterocycles. The lowest BCUT2D eigenvalue weighted by molar-refractivity contribution is 0.226. The average Bonchev–Trinajstić information content (AvgIpc) is 2.03. The molecule has 0 rings (SSSR count). The second-order valence-electron chi connectivity index (χ2n) is 1.90. The van der Waals surface area contributed by atoms with Crippen molar-refractivity contribution >= 4 is 15.9 Å². The molecule has 0 heterocycles. The lowest BCUT2D eigenvalue weighted by atomic mass is 10.4. The Morgan fingerprint density at radius 2 is 2.18 bits per heavy atom. The summed E-state index contributed by atoms with van der Waals surface area (Å²) in [6, 6.07) is 0. The van der Waals surface area contributed by atoms with Gasteiger partial charge in [-0.1, -0.05) is 35.2 Å². The molecule has 0 N–H and O–H groups in total. The SMILES string of the molecule is C=C/C=C(\C=C)OCCCBr. The summed E-state index contributed by atoms with van der Waals surface area (Å²) in [4.78, 5) is 0. The summed E-state index contributed by atoms with van der Waals surface area (Å²) in [5.41, 5.74) is 0. The second-order valence-corrected chi connectivity index (χ2v) is 2.69. The van der Waals surface area contributed by atoms with E-state index in [0.717, 1.165) is 24.1 Å². The van der Waals surface area contributed by atoms with Crippen molar-refractivity contribution < 1.29 is 4.74 Å². The van der Waals surface area contributed by atoms with Gasteiger partial charge in [-0.15, -0.1) is 0 Å². The van der Waals surface area contributed by atoms with E-state index in [9.17, 15) is 0 Å². The maximum Gasteiger partial charge on any atom is 0.118 e. The van der Waals surface area contributed by atoms with Gasteiger partial charge in [0.25, 0.3) is 0 Å². The zero-order valence-electron chi connectivity index (χ0n) is 6.55. The highest BCUT2D eigenvalue weighted by Gasteiger charge is 1.88. The van der Waals surface area contributed by atoms with E-state index in [2.05, 4.69) is 29.1 Å². The van der Waals surface area contributed by atoms with Gasteiger partial charge >= 0.3 is 0 Å². The van der Waals surface area contributed by atoms with Gasteiger partial charge in [-0.25, -0.2) is 0 Å². The Bertz CT molecular complexity index is 150. The monoisotopic (exact) mass is 216 g/mol. The fraction of sp³-hybridized carbons (Fsp3) is 0.333. The van der Waals surface area contributed by atoms with Crippen LogP contribution in [0, 0.1) is 0 Å². The maximum absolute atomic E-state index is 5.31. The van der Waals surface area contributed by atoms with Crippen LogP contribution in [0.15, 0.2) is 37.1 Å². The largest absolute Gasteiger partial charge is 0.494 e. The van der Waals surface area contributed by atoms with Crippen molar-refractivity contribution in [2.45, 2.75) is 6.42 Å². The topological polar surface area (TPSA) is 9.23 Å². The van der Waals surface area contributed by atoms with Crippen LogP contribution >= 0.6 is 15.9 Å². The minimum atomic E-state index is 0.719. The third-order valence-corrected chi connectivity index (χ3v) is 1.59. The number of allylic oxidation sites excluding steroid dienone is 3. The minimum Gasteiger partial charge on any atom is -0.494 e. The predicted molar refractivity (Wildman–Crippen MR) is 52.8 cm³/mol. The number of hydrogen-bond donors (Lipinski definition) is 0. The lowest BCUT2D eigenvalue weighted by Gasteiger charge is -2.03. The van der Waals surface area contributed by atoms with Crippen LogP contribution in [0.5, 0.6) is 0 Å². The molecule has 0 amide bonds. The molecule has 2 heteroatoms. The Hall–Kier alpha value is -0.500.